The van der Waals surface area contributed by atoms with Crippen LogP contribution in [0.3, 0.4) is 0 Å². The average molecular weight is 497 g/mol. The minimum absolute atomic E-state index is 0.167. The van der Waals surface area contributed by atoms with Crippen LogP contribution in [0.5, 0.6) is 5.75 Å². The number of rotatable bonds is 4. The van der Waals surface area contributed by atoms with Gasteiger partial charge in [-0.3, -0.25) is 4.79 Å². The Bertz CT molecular complexity index is 1400. The first-order chi connectivity index (χ1) is 17.9. The monoisotopic (exact) mass is 496 g/mol. The molecule has 0 saturated carbocycles. The third-order valence-corrected chi connectivity index (χ3v) is 8.48. The maximum absolute atomic E-state index is 14.1. The lowest BCUT2D eigenvalue weighted by Crippen LogP contribution is -2.52. The van der Waals surface area contributed by atoms with Crippen molar-refractivity contribution in [2.24, 2.45) is 5.92 Å². The number of carbonyl (C=O) groups excluding carboxylic acids is 2. The van der Waals surface area contributed by atoms with Crippen molar-refractivity contribution in [2.75, 3.05) is 45.7 Å². The largest absolute Gasteiger partial charge is 0.492 e. The molecule has 0 bridgehead atoms. The van der Waals surface area contributed by atoms with Gasteiger partial charge in [-0.2, -0.15) is 0 Å². The molecular formula is C31H32N2O4. The molecule has 3 aliphatic heterocycles. The van der Waals surface area contributed by atoms with Crippen LogP contribution >= 0.6 is 0 Å². The Hall–Kier alpha value is -3.64. The SMILES string of the molecule is COC(=O)c1ccc(-c2ccc(C(=O)C3CN(C)CCC34COc3cc5c(cc34)NCC5)cc2)c(C)c1. The van der Waals surface area contributed by atoms with E-state index in [0.717, 1.165) is 53.9 Å². The van der Waals surface area contributed by atoms with Gasteiger partial charge in [-0.1, -0.05) is 30.3 Å². The standard InChI is InChI=1S/C31H32N2O4/c1-19-14-23(30(35)36-3)8-9-24(19)20-4-6-21(7-5-20)29(34)26-17-33(2)13-11-31(26)18-37-28-15-22-10-12-32-27(22)16-25(28)31/h4-9,14-16,26,32H,10-13,17-18H2,1-3H3. The number of piperidine rings is 1. The highest BCUT2D eigenvalue weighted by Crippen LogP contribution is 2.51. The zero-order valence-electron chi connectivity index (χ0n) is 21.6. The molecule has 2 atom stereocenters. The number of ketones is 1. The average Bonchev–Trinajstić information content (AvgIpc) is 3.52. The molecule has 6 heteroatoms. The number of fused-ring (bicyclic) bond motifs is 3. The van der Waals surface area contributed by atoms with E-state index in [9.17, 15) is 9.59 Å². The summed E-state index contributed by atoms with van der Waals surface area (Å²) in [6, 6.07) is 17.9. The Morgan fingerprint density at radius 1 is 1.08 bits per heavy atom. The number of anilines is 1. The summed E-state index contributed by atoms with van der Waals surface area (Å²) in [5.74, 6) is 0.589. The number of Topliss-reactive ketones (excluding diaryl/α,β-unsaturated/α-hetero) is 1. The van der Waals surface area contributed by atoms with E-state index in [4.69, 9.17) is 9.47 Å². The highest BCUT2D eigenvalue weighted by Gasteiger charge is 2.52. The molecule has 6 rings (SSSR count). The summed E-state index contributed by atoms with van der Waals surface area (Å²) in [5, 5.41) is 3.50. The second-order valence-corrected chi connectivity index (χ2v) is 10.7. The minimum Gasteiger partial charge on any atom is -0.492 e. The fourth-order valence-electron chi connectivity index (χ4n) is 6.34. The van der Waals surface area contributed by atoms with Gasteiger partial charge < -0.3 is 19.7 Å². The molecule has 0 aliphatic carbocycles. The van der Waals surface area contributed by atoms with Gasteiger partial charge in [-0.05, 0) is 79.9 Å². The van der Waals surface area contributed by atoms with Crippen LogP contribution in [0.2, 0.25) is 0 Å². The molecule has 0 radical (unpaired) electrons. The minimum atomic E-state index is -0.347. The number of hydrogen-bond donors (Lipinski definition) is 1. The normalized spacial score (nSPS) is 22.2. The number of esters is 1. The van der Waals surface area contributed by atoms with Gasteiger partial charge in [0, 0.05) is 41.2 Å². The molecule has 6 nitrogen and oxygen atoms in total. The van der Waals surface area contributed by atoms with Crippen molar-refractivity contribution in [3.05, 3.63) is 82.4 Å². The summed E-state index contributed by atoms with van der Waals surface area (Å²) >= 11 is 0. The summed E-state index contributed by atoms with van der Waals surface area (Å²) in [6.07, 6.45) is 1.91. The second kappa shape index (κ2) is 9.03. The third-order valence-electron chi connectivity index (χ3n) is 8.48. The summed E-state index contributed by atoms with van der Waals surface area (Å²) in [4.78, 5) is 28.2. The fourth-order valence-corrected chi connectivity index (χ4v) is 6.34. The fraction of sp³-hybridized carbons (Fsp3) is 0.355. The molecule has 1 spiro atoms. The van der Waals surface area contributed by atoms with E-state index < -0.39 is 0 Å². The molecule has 1 fully saturated rings. The number of nitrogens with one attached hydrogen (secondary N) is 1. The number of nitrogens with zero attached hydrogens (tertiary/aromatic N) is 1. The zero-order valence-corrected chi connectivity index (χ0v) is 21.6. The molecule has 190 valence electrons. The molecule has 1 N–H and O–H groups in total. The van der Waals surface area contributed by atoms with Crippen LogP contribution in [0.1, 0.15) is 43.8 Å². The van der Waals surface area contributed by atoms with Crippen LogP contribution in [0, 0.1) is 12.8 Å². The van der Waals surface area contributed by atoms with Gasteiger partial charge in [0.2, 0.25) is 0 Å². The van der Waals surface area contributed by atoms with E-state index in [2.05, 4.69) is 29.4 Å². The molecule has 3 aromatic carbocycles. The van der Waals surface area contributed by atoms with Crippen molar-refractivity contribution in [1.29, 1.82) is 0 Å². The van der Waals surface area contributed by atoms with Crippen LogP contribution in [-0.4, -0.2) is 57.1 Å². The zero-order chi connectivity index (χ0) is 25.7. The Balaban J connectivity index is 1.31. The lowest BCUT2D eigenvalue weighted by atomic mass is 9.64. The van der Waals surface area contributed by atoms with E-state index >= 15 is 0 Å². The summed E-state index contributed by atoms with van der Waals surface area (Å²) < 4.78 is 11.1. The van der Waals surface area contributed by atoms with E-state index in [-0.39, 0.29) is 23.1 Å². The van der Waals surface area contributed by atoms with Crippen LogP contribution in [0.25, 0.3) is 11.1 Å². The van der Waals surface area contributed by atoms with E-state index in [1.54, 1.807) is 6.07 Å². The highest BCUT2D eigenvalue weighted by molar-refractivity contribution is 6.00. The van der Waals surface area contributed by atoms with Gasteiger partial charge in [-0.15, -0.1) is 0 Å². The van der Waals surface area contributed by atoms with E-state index in [1.165, 1.54) is 23.9 Å². The van der Waals surface area contributed by atoms with Gasteiger partial charge in [0.15, 0.2) is 5.78 Å². The third kappa shape index (κ3) is 3.91. The maximum atomic E-state index is 14.1. The number of hydrogen-bond acceptors (Lipinski definition) is 6. The number of benzene rings is 3. The summed E-state index contributed by atoms with van der Waals surface area (Å²) in [7, 11) is 3.48. The number of carbonyl (C=O) groups is 2. The lowest BCUT2D eigenvalue weighted by molar-refractivity contribution is 0.0587. The van der Waals surface area contributed by atoms with Crippen LogP contribution in [-0.2, 0) is 16.6 Å². The van der Waals surface area contributed by atoms with Crippen molar-refractivity contribution in [2.45, 2.75) is 25.2 Å². The summed E-state index contributed by atoms with van der Waals surface area (Å²) in [5.41, 5.74) is 7.64. The molecule has 1 saturated heterocycles. The highest BCUT2D eigenvalue weighted by atomic mass is 16.5. The number of ether oxygens (including phenoxy) is 2. The first-order valence-corrected chi connectivity index (χ1v) is 13.0. The first kappa shape index (κ1) is 23.7. The van der Waals surface area contributed by atoms with Crippen molar-refractivity contribution in [3.63, 3.8) is 0 Å². The Kier molecular flexibility index (Phi) is 5.80. The van der Waals surface area contributed by atoms with Gasteiger partial charge in [0.1, 0.15) is 5.75 Å². The molecule has 0 aromatic heterocycles. The van der Waals surface area contributed by atoms with Gasteiger partial charge in [-0.25, -0.2) is 4.79 Å². The van der Waals surface area contributed by atoms with Crippen molar-refractivity contribution >= 4 is 17.4 Å². The number of methoxy groups -OCH3 is 1. The van der Waals surface area contributed by atoms with Crippen molar-refractivity contribution in [1.82, 2.24) is 4.90 Å². The Morgan fingerprint density at radius 2 is 1.86 bits per heavy atom. The van der Waals surface area contributed by atoms with Crippen molar-refractivity contribution in [3.8, 4) is 16.9 Å². The molecule has 37 heavy (non-hydrogen) atoms. The predicted molar refractivity (Wildman–Crippen MR) is 144 cm³/mol. The van der Waals surface area contributed by atoms with Crippen molar-refractivity contribution < 1.29 is 19.1 Å². The molecular weight excluding hydrogens is 464 g/mol. The molecule has 3 aliphatic rings. The molecule has 0 amide bonds. The Labute approximate surface area is 217 Å². The molecule has 3 aromatic rings. The number of likely N-dealkylation sites (tertiary alicyclic amines) is 1. The van der Waals surface area contributed by atoms with Gasteiger partial charge in [0.05, 0.1) is 19.3 Å². The maximum Gasteiger partial charge on any atom is 0.337 e. The van der Waals surface area contributed by atoms with Crippen LogP contribution in [0.4, 0.5) is 5.69 Å². The van der Waals surface area contributed by atoms with Gasteiger partial charge in [0.25, 0.3) is 0 Å². The second-order valence-electron chi connectivity index (χ2n) is 10.7. The lowest BCUT2D eigenvalue weighted by Gasteiger charge is -2.43. The van der Waals surface area contributed by atoms with Crippen LogP contribution < -0.4 is 10.1 Å². The smallest absolute Gasteiger partial charge is 0.337 e. The van der Waals surface area contributed by atoms with E-state index in [1.807, 2.05) is 43.3 Å². The van der Waals surface area contributed by atoms with Crippen LogP contribution in [0.15, 0.2) is 54.6 Å². The number of aryl methyl sites for hydroxylation is 1. The van der Waals surface area contributed by atoms with Gasteiger partial charge >= 0.3 is 5.97 Å². The first-order valence-electron chi connectivity index (χ1n) is 13.0. The predicted octanol–water partition coefficient (Wildman–Crippen LogP) is 4.88. The van der Waals surface area contributed by atoms with E-state index in [0.29, 0.717) is 18.7 Å². The topological polar surface area (TPSA) is 67.9 Å². The quantitative estimate of drug-likeness (QED) is 0.410. The Morgan fingerprint density at radius 3 is 2.62 bits per heavy atom. The molecule has 3 heterocycles. The summed E-state index contributed by atoms with van der Waals surface area (Å²) in [6.45, 7) is 5.14. The molecule has 2 unspecified atom stereocenters.